The zero-order valence-electron chi connectivity index (χ0n) is 30.2. The first-order valence-corrected chi connectivity index (χ1v) is 17.9. The summed E-state index contributed by atoms with van der Waals surface area (Å²) >= 11 is 0. The molecule has 0 saturated heterocycles. The van der Waals surface area contributed by atoms with Gasteiger partial charge in [0.2, 0.25) is 0 Å². The summed E-state index contributed by atoms with van der Waals surface area (Å²) in [5.74, 6) is 0. The molecule has 6 aliphatic heterocycles. The van der Waals surface area contributed by atoms with Crippen molar-refractivity contribution in [1.29, 1.82) is 0 Å². The van der Waals surface area contributed by atoms with Gasteiger partial charge in [0.1, 0.15) is 0 Å². The Kier molecular flexibility index (Phi) is 9.06. The molecule has 4 atom stereocenters. The van der Waals surface area contributed by atoms with Crippen LogP contribution in [0.4, 0.5) is 0 Å². The second-order valence-corrected chi connectivity index (χ2v) is 14.0. The van der Waals surface area contributed by atoms with Crippen molar-refractivity contribution in [3.8, 4) is 0 Å². The Hall–Kier alpha value is -5.76. The van der Waals surface area contributed by atoms with E-state index in [2.05, 4.69) is 204 Å². The molecule has 53 heavy (non-hydrogen) atoms. The molecule has 0 radical (unpaired) electrons. The van der Waals surface area contributed by atoms with Crippen LogP contribution in [0, 0.1) is 0 Å². The normalized spacial score (nSPS) is 22.4. The number of allylic oxidation sites excluding steroid dienone is 8. The van der Waals surface area contributed by atoms with Crippen molar-refractivity contribution in [3.63, 3.8) is 0 Å². The van der Waals surface area contributed by atoms with E-state index in [0.717, 1.165) is 67.1 Å². The molecule has 0 aromatic carbocycles. The number of rotatable bonds is 4. The maximum absolute atomic E-state index is 5.48. The van der Waals surface area contributed by atoms with Crippen molar-refractivity contribution in [2.24, 2.45) is 0 Å². The number of H-pyrrole nitrogens is 2. The third-order valence-corrected chi connectivity index (χ3v) is 10.8. The van der Waals surface area contributed by atoms with E-state index in [0.29, 0.717) is 0 Å². The number of likely N-dealkylation sites (N-methyl/N-ethyl adjacent to an activating group) is 4. The molecule has 0 spiro atoms. The fraction of sp³-hybridized carbons (Fsp3) is 0.182. The zero-order chi connectivity index (χ0) is 35.3. The van der Waals surface area contributed by atoms with E-state index in [1.807, 2.05) is 0 Å². The summed E-state index contributed by atoms with van der Waals surface area (Å²) < 4.78 is 0. The topological polar surface area (TPSA) is 70.3 Å². The van der Waals surface area contributed by atoms with Crippen LogP contribution in [0.15, 0.2) is 122 Å². The minimum atomic E-state index is -0.0158. The molecule has 9 heterocycles. The number of nitrogens with one attached hydrogen (secondary N) is 2. The Bertz CT molecular complexity index is 2100. The summed E-state index contributed by atoms with van der Waals surface area (Å²) in [5.41, 5.74) is 12.3. The molecule has 4 unspecified atom stereocenters. The summed E-state index contributed by atoms with van der Waals surface area (Å²) in [7, 11) is 8.50. The molecule has 2 N–H and O–H groups in total. The van der Waals surface area contributed by atoms with E-state index < -0.39 is 0 Å². The third kappa shape index (κ3) is 6.06. The molecule has 0 fully saturated rings. The van der Waals surface area contributed by atoms with Crippen LogP contribution in [0.1, 0.15) is 69.2 Å². The van der Waals surface area contributed by atoms with Crippen LogP contribution in [0.5, 0.6) is 0 Å². The summed E-state index contributed by atoms with van der Waals surface area (Å²) in [6, 6.07) is 8.77. The molecule has 3 aromatic rings. The molecule has 8 bridgehead atoms. The maximum atomic E-state index is 5.48. The second kappa shape index (κ2) is 14.0. The largest absolute Gasteiger partial charge is 3.00 e. The quantitative estimate of drug-likeness (QED) is 0.180. The van der Waals surface area contributed by atoms with Crippen molar-refractivity contribution in [2.75, 3.05) is 28.2 Å². The number of fused-ring (bicyclic) bond motifs is 8. The van der Waals surface area contributed by atoms with Crippen molar-refractivity contribution < 1.29 is 17.1 Å². The Morgan fingerprint density at radius 2 is 0.642 bits per heavy atom. The van der Waals surface area contributed by atoms with Gasteiger partial charge in [0.25, 0.3) is 0 Å². The molecule has 9 heteroatoms. The van der Waals surface area contributed by atoms with E-state index in [9.17, 15) is 0 Å². The van der Waals surface area contributed by atoms with Crippen LogP contribution in [-0.2, 0) is 17.1 Å². The average Bonchev–Trinajstić information content (AvgIpc) is 3.99. The van der Waals surface area contributed by atoms with Crippen molar-refractivity contribution in [1.82, 2.24) is 39.5 Å². The number of aromatic amines is 2. The van der Waals surface area contributed by atoms with Gasteiger partial charge in [-0.3, -0.25) is 0 Å². The standard InChI is InChI=1S/C44H42N8.Mn/c1-49-25-9-5-13-37(49)41-29-17-19-31(45-29)42(38-14-6-10-26-50(38)2)33-21-23-35(47-33)44(40-16-8-12-28-52(40)4)36-24-22-34(48-36)43(32-20-18-30(41)46-32)39-15-7-11-27-51(39)3;/h5-28,37-40,45,48H,1-4H3;/q;+3. The van der Waals surface area contributed by atoms with E-state index in [4.69, 9.17) is 9.97 Å². The predicted octanol–water partition coefficient (Wildman–Crippen LogP) is 8.88. The summed E-state index contributed by atoms with van der Waals surface area (Å²) in [5, 5.41) is 0. The van der Waals surface area contributed by atoms with E-state index in [1.165, 1.54) is 0 Å². The SMILES string of the molecule is CN1C=CC=CC1c1c2nc(c(C3C=CC=CN3C)c3ccc([nH]3)c(C3C=CC=CN3C)c3nc(c(C4C=CC=CN4C)c4ccc1[nH]4)C=C3)C=C2.[Mn+3]. The van der Waals surface area contributed by atoms with Crippen molar-refractivity contribution in [2.45, 2.75) is 24.2 Å². The van der Waals surface area contributed by atoms with Gasteiger partial charge in [0.15, 0.2) is 0 Å². The van der Waals surface area contributed by atoms with Crippen LogP contribution in [0.3, 0.4) is 0 Å². The molecule has 3 aromatic heterocycles. The summed E-state index contributed by atoms with van der Waals surface area (Å²) in [6.45, 7) is 0. The van der Waals surface area contributed by atoms with Gasteiger partial charge in [-0.25, -0.2) is 9.97 Å². The van der Waals surface area contributed by atoms with Gasteiger partial charge >= 0.3 is 17.1 Å². The number of hydrogen-bond donors (Lipinski definition) is 2. The molecule has 0 amide bonds. The van der Waals surface area contributed by atoms with Gasteiger partial charge in [-0.1, -0.05) is 48.6 Å². The summed E-state index contributed by atoms with van der Waals surface area (Å²) in [4.78, 5) is 27.7. The summed E-state index contributed by atoms with van der Waals surface area (Å²) in [6.07, 6.45) is 43.0. The van der Waals surface area contributed by atoms with Crippen LogP contribution in [0.25, 0.3) is 46.4 Å². The molecule has 6 aliphatic rings. The first-order chi connectivity index (χ1) is 25.4. The molecule has 8 nitrogen and oxygen atoms in total. The number of aromatic nitrogens is 4. The minimum absolute atomic E-state index is 0. The van der Waals surface area contributed by atoms with Crippen LogP contribution in [0.2, 0.25) is 0 Å². The molecular weight excluding hydrogens is 695 g/mol. The number of hydrogen-bond acceptors (Lipinski definition) is 6. The van der Waals surface area contributed by atoms with Gasteiger partial charge in [0.05, 0.1) is 46.9 Å². The van der Waals surface area contributed by atoms with Gasteiger partial charge in [-0.2, -0.15) is 0 Å². The van der Waals surface area contributed by atoms with E-state index in [-0.39, 0.29) is 41.2 Å². The van der Waals surface area contributed by atoms with E-state index >= 15 is 0 Å². The minimum Gasteiger partial charge on any atom is -0.370 e. The molecular formula is C44H42MnN8+3. The van der Waals surface area contributed by atoms with Crippen molar-refractivity contribution in [3.05, 3.63) is 167 Å². The van der Waals surface area contributed by atoms with Crippen LogP contribution < -0.4 is 0 Å². The van der Waals surface area contributed by atoms with Crippen molar-refractivity contribution >= 4 is 46.4 Å². The smallest absolute Gasteiger partial charge is 0.370 e. The first kappa shape index (κ1) is 34.3. The van der Waals surface area contributed by atoms with Crippen LogP contribution in [-0.4, -0.2) is 67.7 Å². The van der Waals surface area contributed by atoms with Crippen LogP contribution >= 0.6 is 0 Å². The first-order valence-electron chi connectivity index (χ1n) is 17.9. The molecule has 0 saturated carbocycles. The molecule has 9 rings (SSSR count). The predicted molar refractivity (Wildman–Crippen MR) is 214 cm³/mol. The number of nitrogens with zero attached hydrogens (tertiary/aromatic N) is 6. The fourth-order valence-electron chi connectivity index (χ4n) is 8.07. The fourth-order valence-corrected chi connectivity index (χ4v) is 8.07. The monoisotopic (exact) mass is 737 g/mol. The molecule has 262 valence electrons. The zero-order valence-corrected chi connectivity index (χ0v) is 31.4. The Labute approximate surface area is 321 Å². The Morgan fingerprint density at radius 3 is 0.868 bits per heavy atom. The Morgan fingerprint density at radius 1 is 0.396 bits per heavy atom. The molecule has 0 aliphatic carbocycles. The van der Waals surface area contributed by atoms with Gasteiger partial charge in [-0.05, 0) is 97.7 Å². The Balaban J connectivity index is 0.00000400. The second-order valence-electron chi connectivity index (χ2n) is 14.0. The third-order valence-electron chi connectivity index (χ3n) is 10.8. The van der Waals surface area contributed by atoms with Gasteiger partial charge in [-0.15, -0.1) is 0 Å². The van der Waals surface area contributed by atoms with Gasteiger partial charge < -0.3 is 29.6 Å². The maximum Gasteiger partial charge on any atom is 3.00 e. The van der Waals surface area contributed by atoms with E-state index in [1.54, 1.807) is 0 Å². The van der Waals surface area contributed by atoms with Gasteiger partial charge in [0, 0.05) is 72.5 Å². The average molecular weight is 738 g/mol.